The molecule has 0 bridgehead atoms. The van der Waals surface area contributed by atoms with E-state index >= 15 is 0 Å². The van der Waals surface area contributed by atoms with E-state index < -0.39 is 5.95 Å². The van der Waals surface area contributed by atoms with E-state index in [1.165, 1.54) is 6.20 Å². The fourth-order valence-electron chi connectivity index (χ4n) is 2.84. The standard InChI is InChI=1S/C20H20FN3O2.CH2O2/c1-20(6-7-20)19(25)23-11-15-9-13-4-5-16(10-17(13)24-15)26-12-14-3-2-8-22-18(14)21;2-1-3/h2-5,8-10,24H,6-7,11-12H2,1H3,(H,23,25);1H,(H,2,3). The molecule has 0 unspecified atom stereocenters. The predicted octanol–water partition coefficient (Wildman–Crippen LogP) is 3.40. The average Bonchev–Trinajstić information content (AvgIpc) is 3.33. The Labute approximate surface area is 166 Å². The normalized spacial score (nSPS) is 13.9. The van der Waals surface area contributed by atoms with Crippen LogP contribution in [0.5, 0.6) is 5.75 Å². The number of pyridine rings is 1. The molecule has 0 saturated heterocycles. The van der Waals surface area contributed by atoms with Crippen molar-refractivity contribution in [3.8, 4) is 5.75 Å². The van der Waals surface area contributed by atoms with Crippen molar-refractivity contribution in [2.75, 3.05) is 0 Å². The van der Waals surface area contributed by atoms with Crippen LogP contribution in [0.4, 0.5) is 4.39 Å². The Kier molecular flexibility index (Phi) is 6.11. The number of nitrogens with zero attached hydrogens (tertiary/aromatic N) is 1. The third-order valence-electron chi connectivity index (χ3n) is 4.87. The highest BCUT2D eigenvalue weighted by Crippen LogP contribution is 2.45. The van der Waals surface area contributed by atoms with Crippen molar-refractivity contribution in [1.29, 1.82) is 0 Å². The topological polar surface area (TPSA) is 104 Å². The molecule has 0 atom stereocenters. The minimum absolute atomic E-state index is 0.110. The lowest BCUT2D eigenvalue weighted by Crippen LogP contribution is -2.29. The molecule has 1 fully saturated rings. The number of aromatic amines is 1. The number of nitrogens with one attached hydrogen (secondary N) is 2. The molecule has 3 aromatic rings. The van der Waals surface area contributed by atoms with Crippen LogP contribution < -0.4 is 10.1 Å². The van der Waals surface area contributed by atoms with Crippen molar-refractivity contribution >= 4 is 23.3 Å². The Morgan fingerprint density at radius 1 is 1.38 bits per heavy atom. The number of aromatic nitrogens is 2. The molecule has 4 rings (SSSR count). The van der Waals surface area contributed by atoms with E-state index in [1.807, 2.05) is 31.2 Å². The molecule has 0 radical (unpaired) electrons. The molecule has 0 spiro atoms. The highest BCUT2D eigenvalue weighted by Gasteiger charge is 2.44. The zero-order valence-corrected chi connectivity index (χ0v) is 15.9. The molecule has 1 saturated carbocycles. The van der Waals surface area contributed by atoms with Gasteiger partial charge >= 0.3 is 0 Å². The van der Waals surface area contributed by atoms with E-state index in [2.05, 4.69) is 15.3 Å². The molecule has 0 aliphatic heterocycles. The second-order valence-electron chi connectivity index (χ2n) is 7.13. The van der Waals surface area contributed by atoms with Gasteiger partial charge in [-0.2, -0.15) is 4.39 Å². The summed E-state index contributed by atoms with van der Waals surface area (Å²) in [6.45, 7) is 2.33. The van der Waals surface area contributed by atoms with Gasteiger partial charge in [0.05, 0.1) is 6.54 Å². The summed E-state index contributed by atoms with van der Waals surface area (Å²) < 4.78 is 19.2. The number of rotatable bonds is 6. The molecule has 2 heterocycles. The number of halogens is 1. The first-order valence-electron chi connectivity index (χ1n) is 9.15. The van der Waals surface area contributed by atoms with Crippen LogP contribution in [-0.4, -0.2) is 27.5 Å². The summed E-state index contributed by atoms with van der Waals surface area (Å²) in [7, 11) is 0. The van der Waals surface area contributed by atoms with E-state index in [9.17, 15) is 9.18 Å². The lowest BCUT2D eigenvalue weighted by molar-refractivity contribution is -0.126. The van der Waals surface area contributed by atoms with Crippen LogP contribution in [0.2, 0.25) is 0 Å². The summed E-state index contributed by atoms with van der Waals surface area (Å²) >= 11 is 0. The predicted molar refractivity (Wildman–Crippen MR) is 105 cm³/mol. The Morgan fingerprint density at radius 3 is 2.83 bits per heavy atom. The van der Waals surface area contributed by atoms with E-state index in [1.54, 1.807) is 12.1 Å². The number of amides is 1. The molecule has 2 aromatic heterocycles. The van der Waals surface area contributed by atoms with Crippen molar-refractivity contribution in [3.05, 3.63) is 59.8 Å². The summed E-state index contributed by atoms with van der Waals surface area (Å²) in [5.41, 5.74) is 2.09. The number of benzene rings is 1. The van der Waals surface area contributed by atoms with E-state index in [-0.39, 0.29) is 24.4 Å². The van der Waals surface area contributed by atoms with Crippen LogP contribution in [0.25, 0.3) is 10.9 Å². The molecule has 1 aromatic carbocycles. The lowest BCUT2D eigenvalue weighted by atomic mass is 10.1. The number of carbonyl (C=O) groups is 2. The summed E-state index contributed by atoms with van der Waals surface area (Å²) in [6.07, 6.45) is 3.33. The van der Waals surface area contributed by atoms with Gasteiger partial charge in [0.2, 0.25) is 11.9 Å². The van der Waals surface area contributed by atoms with Gasteiger partial charge in [-0.15, -0.1) is 0 Å². The number of H-pyrrole nitrogens is 1. The average molecular weight is 399 g/mol. The molecule has 3 N–H and O–H groups in total. The number of hydrogen-bond acceptors (Lipinski definition) is 4. The van der Waals surface area contributed by atoms with Crippen LogP contribution in [-0.2, 0) is 22.7 Å². The fourth-order valence-corrected chi connectivity index (χ4v) is 2.84. The Morgan fingerprint density at radius 2 is 2.14 bits per heavy atom. The first kappa shape index (κ1) is 20.3. The van der Waals surface area contributed by atoms with Crippen molar-refractivity contribution in [1.82, 2.24) is 15.3 Å². The van der Waals surface area contributed by atoms with Gasteiger partial charge in [-0.25, -0.2) is 4.98 Å². The third-order valence-corrected chi connectivity index (χ3v) is 4.87. The second-order valence-corrected chi connectivity index (χ2v) is 7.13. The van der Waals surface area contributed by atoms with E-state index in [0.29, 0.717) is 17.9 Å². The first-order chi connectivity index (χ1) is 13.9. The van der Waals surface area contributed by atoms with Crippen LogP contribution >= 0.6 is 0 Å². The number of ether oxygens (including phenoxy) is 1. The summed E-state index contributed by atoms with van der Waals surface area (Å²) in [4.78, 5) is 27.3. The SMILES string of the molecule is CC1(C(=O)NCc2cc3ccc(OCc4cccnc4F)cc3[nH]2)CC1.O=CO. The zero-order chi connectivity index (χ0) is 20.9. The maximum atomic E-state index is 13.6. The molecule has 152 valence electrons. The number of hydrogen-bond donors (Lipinski definition) is 3. The number of carbonyl (C=O) groups excluding carboxylic acids is 1. The van der Waals surface area contributed by atoms with Gasteiger partial charge in [0.15, 0.2) is 0 Å². The lowest BCUT2D eigenvalue weighted by Gasteiger charge is -2.08. The number of fused-ring (bicyclic) bond motifs is 1. The molecule has 1 aliphatic rings. The first-order valence-corrected chi connectivity index (χ1v) is 9.15. The molecular weight excluding hydrogens is 377 g/mol. The minimum Gasteiger partial charge on any atom is -0.489 e. The van der Waals surface area contributed by atoms with Gasteiger partial charge in [-0.3, -0.25) is 9.59 Å². The van der Waals surface area contributed by atoms with Gasteiger partial charge in [0.25, 0.3) is 6.47 Å². The highest BCUT2D eigenvalue weighted by molar-refractivity contribution is 5.85. The van der Waals surface area contributed by atoms with Crippen molar-refractivity contribution in [2.24, 2.45) is 5.41 Å². The van der Waals surface area contributed by atoms with Crippen LogP contribution in [0.1, 0.15) is 31.0 Å². The van der Waals surface area contributed by atoms with Gasteiger partial charge < -0.3 is 20.1 Å². The number of carboxylic acid groups (broad SMARTS) is 1. The fraction of sp³-hybridized carbons (Fsp3) is 0.286. The largest absolute Gasteiger partial charge is 0.489 e. The summed E-state index contributed by atoms with van der Waals surface area (Å²) in [5.74, 6) is 0.234. The van der Waals surface area contributed by atoms with Crippen molar-refractivity contribution in [3.63, 3.8) is 0 Å². The molecular formula is C21H22FN3O4. The van der Waals surface area contributed by atoms with Crippen LogP contribution in [0.3, 0.4) is 0 Å². The molecule has 8 heteroatoms. The molecule has 7 nitrogen and oxygen atoms in total. The molecule has 29 heavy (non-hydrogen) atoms. The smallest absolute Gasteiger partial charge is 0.290 e. The Hall–Kier alpha value is -3.42. The monoisotopic (exact) mass is 399 g/mol. The zero-order valence-electron chi connectivity index (χ0n) is 15.9. The van der Waals surface area contributed by atoms with Crippen molar-refractivity contribution in [2.45, 2.75) is 32.9 Å². The molecule has 1 amide bonds. The van der Waals surface area contributed by atoms with Gasteiger partial charge in [0, 0.05) is 34.5 Å². The van der Waals surface area contributed by atoms with Gasteiger partial charge in [-0.05, 0) is 48.6 Å². The minimum atomic E-state index is -0.518. The maximum absolute atomic E-state index is 13.6. The summed E-state index contributed by atoms with van der Waals surface area (Å²) in [6, 6.07) is 11.0. The Balaban J connectivity index is 0.000000755. The van der Waals surface area contributed by atoms with Crippen molar-refractivity contribution < 1.29 is 23.8 Å². The Bertz CT molecular complexity index is 1010. The highest BCUT2D eigenvalue weighted by atomic mass is 19.1. The second kappa shape index (κ2) is 8.72. The van der Waals surface area contributed by atoms with E-state index in [0.717, 1.165) is 29.4 Å². The quantitative estimate of drug-likeness (QED) is 0.435. The third kappa shape index (κ3) is 5.10. The van der Waals surface area contributed by atoms with Gasteiger partial charge in [0.1, 0.15) is 12.4 Å². The molecule has 1 aliphatic carbocycles. The maximum Gasteiger partial charge on any atom is 0.290 e. The van der Waals surface area contributed by atoms with Crippen LogP contribution in [0.15, 0.2) is 42.6 Å². The van der Waals surface area contributed by atoms with E-state index in [4.69, 9.17) is 14.6 Å². The van der Waals surface area contributed by atoms with Crippen LogP contribution in [0, 0.1) is 11.4 Å². The van der Waals surface area contributed by atoms with Gasteiger partial charge in [-0.1, -0.05) is 6.92 Å². The summed E-state index contributed by atoms with van der Waals surface area (Å²) in [5, 5.41) is 10.9.